The predicted molar refractivity (Wildman–Crippen MR) is 74.7 cm³/mol. The number of hydrogen-bond donors (Lipinski definition) is 1. The Morgan fingerprint density at radius 3 is 2.50 bits per heavy atom. The van der Waals surface area contributed by atoms with Crippen LogP contribution >= 0.6 is 11.6 Å². The molecule has 0 spiro atoms. The number of halogens is 1. The smallest absolute Gasteiger partial charge is 0.0814 e. The zero-order valence-corrected chi connectivity index (χ0v) is 11.5. The van der Waals surface area contributed by atoms with Crippen molar-refractivity contribution in [2.45, 2.75) is 32.9 Å². The molecule has 0 fully saturated rings. The number of aryl methyl sites for hydroxylation is 1. The molecule has 0 saturated heterocycles. The molecule has 1 unspecified atom stereocenters. The van der Waals surface area contributed by atoms with Crippen LogP contribution in [-0.2, 0) is 13.0 Å². The molecule has 18 heavy (non-hydrogen) atoms. The van der Waals surface area contributed by atoms with E-state index in [4.69, 9.17) is 17.3 Å². The molecule has 1 aromatic carbocycles. The van der Waals surface area contributed by atoms with Crippen LogP contribution in [0.3, 0.4) is 0 Å². The molecule has 0 aliphatic heterocycles. The maximum Gasteiger partial charge on any atom is 0.0814 e. The van der Waals surface area contributed by atoms with Gasteiger partial charge in [0.15, 0.2) is 0 Å². The van der Waals surface area contributed by atoms with Crippen molar-refractivity contribution in [2.75, 3.05) is 0 Å². The largest absolute Gasteiger partial charge is 0.322 e. The first-order valence-corrected chi connectivity index (χ1v) is 6.52. The number of nitrogens with two attached hydrogens (primary N) is 1. The molecule has 0 saturated carbocycles. The fourth-order valence-electron chi connectivity index (χ4n) is 1.90. The summed E-state index contributed by atoms with van der Waals surface area (Å²) < 4.78 is 1.85. The molecule has 1 heterocycles. The Morgan fingerprint density at radius 1 is 1.33 bits per heavy atom. The van der Waals surface area contributed by atoms with E-state index in [9.17, 15) is 0 Å². The van der Waals surface area contributed by atoms with Gasteiger partial charge in [0.05, 0.1) is 23.5 Å². The lowest BCUT2D eigenvalue weighted by Crippen LogP contribution is -2.19. The third-order valence-corrected chi connectivity index (χ3v) is 3.60. The van der Waals surface area contributed by atoms with Crippen LogP contribution in [0.25, 0.3) is 0 Å². The fourth-order valence-corrected chi connectivity index (χ4v) is 2.04. The highest BCUT2D eigenvalue weighted by molar-refractivity contribution is 6.31. The maximum atomic E-state index is 6.19. The van der Waals surface area contributed by atoms with Gasteiger partial charge in [-0.15, -0.1) is 0 Å². The molecule has 0 aliphatic carbocycles. The molecule has 1 aromatic heterocycles. The molecule has 96 valence electrons. The van der Waals surface area contributed by atoms with Crippen LogP contribution in [0.2, 0.25) is 5.02 Å². The van der Waals surface area contributed by atoms with Crippen LogP contribution in [-0.4, -0.2) is 9.78 Å². The average molecular weight is 264 g/mol. The van der Waals surface area contributed by atoms with E-state index < -0.39 is 0 Å². The standard InChI is InChI=1S/C14H18ClN3/c1-3-11-4-6-12(7-5-11)14(16)9-18-10(2)13(15)8-17-18/h4-8,14H,3,9,16H2,1-2H3. The molecule has 2 N–H and O–H groups in total. The third-order valence-electron chi connectivity index (χ3n) is 3.23. The lowest BCUT2D eigenvalue weighted by molar-refractivity contribution is 0.517. The summed E-state index contributed by atoms with van der Waals surface area (Å²) in [6, 6.07) is 8.36. The van der Waals surface area contributed by atoms with Crippen molar-refractivity contribution in [1.82, 2.24) is 9.78 Å². The fraction of sp³-hybridized carbons (Fsp3) is 0.357. The Balaban J connectivity index is 2.11. The van der Waals surface area contributed by atoms with E-state index in [2.05, 4.69) is 36.3 Å². The average Bonchev–Trinajstić information content (AvgIpc) is 2.71. The van der Waals surface area contributed by atoms with Crippen molar-refractivity contribution in [3.63, 3.8) is 0 Å². The molecule has 0 amide bonds. The van der Waals surface area contributed by atoms with E-state index in [1.165, 1.54) is 5.56 Å². The monoisotopic (exact) mass is 263 g/mol. The van der Waals surface area contributed by atoms with Gasteiger partial charge >= 0.3 is 0 Å². The number of aromatic nitrogens is 2. The van der Waals surface area contributed by atoms with E-state index >= 15 is 0 Å². The highest BCUT2D eigenvalue weighted by Crippen LogP contribution is 2.18. The second kappa shape index (κ2) is 5.55. The maximum absolute atomic E-state index is 6.19. The Morgan fingerprint density at radius 2 is 2.00 bits per heavy atom. The summed E-state index contributed by atoms with van der Waals surface area (Å²) in [6.07, 6.45) is 2.70. The van der Waals surface area contributed by atoms with Crippen molar-refractivity contribution in [2.24, 2.45) is 5.73 Å². The molecule has 3 nitrogen and oxygen atoms in total. The van der Waals surface area contributed by atoms with Gasteiger partial charge in [-0.3, -0.25) is 4.68 Å². The summed E-state index contributed by atoms with van der Waals surface area (Å²) in [7, 11) is 0. The van der Waals surface area contributed by atoms with Crippen molar-refractivity contribution >= 4 is 11.6 Å². The molecular formula is C14H18ClN3. The lowest BCUT2D eigenvalue weighted by atomic mass is 10.0. The molecular weight excluding hydrogens is 246 g/mol. The molecule has 0 bridgehead atoms. The van der Waals surface area contributed by atoms with E-state index in [0.29, 0.717) is 11.6 Å². The first-order chi connectivity index (χ1) is 8.61. The number of benzene rings is 1. The topological polar surface area (TPSA) is 43.8 Å². The number of hydrogen-bond acceptors (Lipinski definition) is 2. The van der Waals surface area contributed by atoms with Gasteiger partial charge in [0.25, 0.3) is 0 Å². The van der Waals surface area contributed by atoms with E-state index in [1.807, 2.05) is 11.6 Å². The van der Waals surface area contributed by atoms with Crippen LogP contribution in [0.1, 0.15) is 29.8 Å². The number of nitrogens with zero attached hydrogens (tertiary/aromatic N) is 2. The molecule has 1 atom stereocenters. The zero-order chi connectivity index (χ0) is 13.1. The SMILES string of the molecule is CCc1ccc(C(N)Cn2ncc(Cl)c2C)cc1. The molecule has 2 rings (SSSR count). The second-order valence-electron chi connectivity index (χ2n) is 4.46. The second-order valence-corrected chi connectivity index (χ2v) is 4.87. The summed E-state index contributed by atoms with van der Waals surface area (Å²) in [5, 5.41) is 4.90. The third kappa shape index (κ3) is 2.74. The summed E-state index contributed by atoms with van der Waals surface area (Å²) >= 11 is 5.97. The van der Waals surface area contributed by atoms with E-state index in [1.54, 1.807) is 6.20 Å². The predicted octanol–water partition coefficient (Wildman–Crippen LogP) is 3.11. The van der Waals surface area contributed by atoms with Crippen molar-refractivity contribution in [3.8, 4) is 0 Å². The van der Waals surface area contributed by atoms with Crippen LogP contribution in [0.15, 0.2) is 30.5 Å². The zero-order valence-electron chi connectivity index (χ0n) is 10.7. The van der Waals surface area contributed by atoms with Crippen LogP contribution in [0, 0.1) is 6.92 Å². The van der Waals surface area contributed by atoms with Crippen LogP contribution < -0.4 is 5.73 Å². The Hall–Kier alpha value is -1.32. The van der Waals surface area contributed by atoms with Gasteiger partial charge < -0.3 is 5.73 Å². The van der Waals surface area contributed by atoms with Gasteiger partial charge in [-0.25, -0.2) is 0 Å². The Kier molecular flexibility index (Phi) is 4.04. The van der Waals surface area contributed by atoms with Crippen molar-refractivity contribution < 1.29 is 0 Å². The van der Waals surface area contributed by atoms with Gasteiger partial charge in [0.1, 0.15) is 0 Å². The normalized spacial score (nSPS) is 12.7. The van der Waals surface area contributed by atoms with Crippen LogP contribution in [0.5, 0.6) is 0 Å². The van der Waals surface area contributed by atoms with Gasteiger partial charge in [0.2, 0.25) is 0 Å². The minimum atomic E-state index is -0.0643. The minimum absolute atomic E-state index is 0.0643. The van der Waals surface area contributed by atoms with Crippen molar-refractivity contribution in [1.29, 1.82) is 0 Å². The summed E-state index contributed by atoms with van der Waals surface area (Å²) in [5.74, 6) is 0. The van der Waals surface area contributed by atoms with E-state index in [-0.39, 0.29) is 6.04 Å². The van der Waals surface area contributed by atoms with Gasteiger partial charge in [-0.2, -0.15) is 5.10 Å². The van der Waals surface area contributed by atoms with E-state index in [0.717, 1.165) is 17.7 Å². The summed E-state index contributed by atoms with van der Waals surface area (Å²) in [4.78, 5) is 0. The highest BCUT2D eigenvalue weighted by atomic mass is 35.5. The Labute approximate surface area is 113 Å². The van der Waals surface area contributed by atoms with Crippen LogP contribution in [0.4, 0.5) is 0 Å². The first-order valence-electron chi connectivity index (χ1n) is 6.14. The Bertz CT molecular complexity index is 516. The highest BCUT2D eigenvalue weighted by Gasteiger charge is 2.10. The quantitative estimate of drug-likeness (QED) is 0.921. The minimum Gasteiger partial charge on any atom is -0.322 e. The van der Waals surface area contributed by atoms with Gasteiger partial charge in [-0.05, 0) is 24.5 Å². The van der Waals surface area contributed by atoms with Gasteiger partial charge in [0, 0.05) is 6.04 Å². The van der Waals surface area contributed by atoms with Gasteiger partial charge in [-0.1, -0.05) is 42.8 Å². The molecule has 0 aliphatic rings. The van der Waals surface area contributed by atoms with Crippen molar-refractivity contribution in [3.05, 3.63) is 52.3 Å². The summed E-state index contributed by atoms with van der Waals surface area (Å²) in [5.41, 5.74) is 9.60. The summed E-state index contributed by atoms with van der Waals surface area (Å²) in [6.45, 7) is 4.73. The molecule has 4 heteroatoms. The molecule has 0 radical (unpaired) electrons. The first kappa shape index (κ1) is 13.1. The number of rotatable bonds is 4. The molecule has 2 aromatic rings. The lowest BCUT2D eigenvalue weighted by Gasteiger charge is -2.14.